The second-order valence-electron chi connectivity index (χ2n) is 6.14. The monoisotopic (exact) mass is 474 g/mol. The van der Waals surface area contributed by atoms with E-state index in [0.29, 0.717) is 20.6 Å². The van der Waals surface area contributed by atoms with Gasteiger partial charge in [-0.15, -0.1) is 11.3 Å². The summed E-state index contributed by atoms with van der Waals surface area (Å²) in [5.41, 5.74) is 1.72. The number of aromatic nitrogens is 1. The van der Waals surface area contributed by atoms with Gasteiger partial charge in [-0.2, -0.15) is 0 Å². The summed E-state index contributed by atoms with van der Waals surface area (Å²) in [4.78, 5) is 31.7. The topological polar surface area (TPSA) is 60.7 Å². The number of nitrogens with zero attached hydrogens (tertiary/aromatic N) is 2. The Bertz CT molecular complexity index is 1250. The van der Waals surface area contributed by atoms with Crippen molar-refractivity contribution >= 4 is 50.6 Å². The van der Waals surface area contributed by atoms with E-state index in [1.54, 1.807) is 11.5 Å². The average Bonchev–Trinajstić information content (AvgIpc) is 3.31. The molecule has 0 spiro atoms. The number of carbonyl (C=O) groups excluding carboxylic acids is 1. The fourth-order valence-electron chi connectivity index (χ4n) is 3.12. The van der Waals surface area contributed by atoms with Gasteiger partial charge in [0.1, 0.15) is 6.04 Å². The minimum atomic E-state index is -0.532. The maximum Gasteiger partial charge on any atom is 0.338 e. The Labute approximate surface area is 177 Å². The van der Waals surface area contributed by atoms with Crippen molar-refractivity contribution in [1.82, 2.24) is 4.57 Å². The zero-order chi connectivity index (χ0) is 19.8. The molecule has 1 aliphatic heterocycles. The molecule has 0 saturated carbocycles. The Morgan fingerprint density at radius 2 is 2.04 bits per heavy atom. The van der Waals surface area contributed by atoms with E-state index in [0.717, 1.165) is 14.9 Å². The predicted molar refractivity (Wildman–Crippen MR) is 114 cm³/mol. The molecule has 1 aliphatic rings. The minimum Gasteiger partial charge on any atom is -0.466 e. The number of methoxy groups -OCH3 is 1. The van der Waals surface area contributed by atoms with Crippen molar-refractivity contribution in [3.8, 4) is 0 Å². The predicted octanol–water partition coefficient (Wildman–Crippen LogP) is 3.23. The van der Waals surface area contributed by atoms with Gasteiger partial charge in [-0.05, 0) is 42.1 Å². The lowest BCUT2D eigenvalue weighted by Crippen LogP contribution is -2.39. The summed E-state index contributed by atoms with van der Waals surface area (Å²) in [7, 11) is 1.34. The van der Waals surface area contributed by atoms with Gasteiger partial charge >= 0.3 is 5.97 Å². The number of rotatable bonds is 3. The van der Waals surface area contributed by atoms with Gasteiger partial charge in [-0.3, -0.25) is 9.36 Å². The number of benzene rings is 1. The van der Waals surface area contributed by atoms with E-state index in [9.17, 15) is 9.59 Å². The number of hydrogen-bond donors (Lipinski definition) is 0. The number of thiazole rings is 1. The largest absolute Gasteiger partial charge is 0.466 e. The highest BCUT2D eigenvalue weighted by atomic mass is 79.9. The molecular formula is C20H15BrN2O3S2. The molecule has 0 aliphatic carbocycles. The number of esters is 1. The van der Waals surface area contributed by atoms with E-state index in [4.69, 9.17) is 4.74 Å². The first kappa shape index (κ1) is 19.0. The van der Waals surface area contributed by atoms with Crippen LogP contribution in [0.15, 0.2) is 67.3 Å². The molecule has 0 unspecified atom stereocenters. The highest BCUT2D eigenvalue weighted by molar-refractivity contribution is 9.10. The third kappa shape index (κ3) is 3.32. The lowest BCUT2D eigenvalue weighted by molar-refractivity contribution is -0.136. The van der Waals surface area contributed by atoms with Crippen LogP contribution in [0.4, 0.5) is 0 Å². The van der Waals surface area contributed by atoms with Gasteiger partial charge in [0, 0.05) is 9.35 Å². The second-order valence-corrected chi connectivity index (χ2v) is 9.04. The van der Waals surface area contributed by atoms with Crippen molar-refractivity contribution in [3.05, 3.63) is 87.6 Å². The summed E-state index contributed by atoms with van der Waals surface area (Å²) in [5, 5.41) is 1.93. The Kier molecular flexibility index (Phi) is 5.18. The molecule has 0 N–H and O–H groups in total. The summed E-state index contributed by atoms with van der Waals surface area (Å²) >= 11 is 6.23. The zero-order valence-corrected chi connectivity index (χ0v) is 18.2. The lowest BCUT2D eigenvalue weighted by atomic mass is 10.0. The van der Waals surface area contributed by atoms with E-state index >= 15 is 0 Å². The van der Waals surface area contributed by atoms with Gasteiger partial charge in [-0.25, -0.2) is 9.79 Å². The van der Waals surface area contributed by atoms with E-state index in [1.807, 2.05) is 47.9 Å². The zero-order valence-electron chi connectivity index (χ0n) is 15.0. The van der Waals surface area contributed by atoms with Crippen LogP contribution >= 0.6 is 38.6 Å². The van der Waals surface area contributed by atoms with Crippen molar-refractivity contribution in [2.45, 2.75) is 13.0 Å². The summed E-state index contributed by atoms with van der Waals surface area (Å²) in [6.45, 7) is 1.78. The van der Waals surface area contributed by atoms with Crippen LogP contribution in [0.3, 0.4) is 0 Å². The fraction of sp³-hybridized carbons (Fsp3) is 0.150. The van der Waals surface area contributed by atoms with Gasteiger partial charge < -0.3 is 4.74 Å². The van der Waals surface area contributed by atoms with E-state index in [1.165, 1.54) is 29.8 Å². The Hall–Kier alpha value is -2.29. The van der Waals surface area contributed by atoms with Crippen LogP contribution in [-0.4, -0.2) is 17.6 Å². The number of halogens is 1. The first-order chi connectivity index (χ1) is 13.5. The van der Waals surface area contributed by atoms with Crippen LogP contribution in [0.5, 0.6) is 0 Å². The fourth-order valence-corrected chi connectivity index (χ4v) is 5.25. The Morgan fingerprint density at radius 1 is 1.29 bits per heavy atom. The molecule has 0 radical (unpaired) electrons. The third-order valence-electron chi connectivity index (χ3n) is 4.41. The van der Waals surface area contributed by atoms with Crippen LogP contribution in [0, 0.1) is 0 Å². The molecule has 1 aromatic carbocycles. The van der Waals surface area contributed by atoms with Crippen molar-refractivity contribution in [3.63, 3.8) is 0 Å². The quantitative estimate of drug-likeness (QED) is 0.547. The van der Waals surface area contributed by atoms with Gasteiger partial charge in [0.15, 0.2) is 4.80 Å². The summed E-state index contributed by atoms with van der Waals surface area (Å²) in [6, 6.07) is 11.0. The summed E-state index contributed by atoms with van der Waals surface area (Å²) in [5.74, 6) is -0.471. The van der Waals surface area contributed by atoms with E-state index in [-0.39, 0.29) is 5.56 Å². The number of fused-ring (bicyclic) bond motifs is 1. The first-order valence-corrected chi connectivity index (χ1v) is 10.9. The molecule has 3 heterocycles. The van der Waals surface area contributed by atoms with Gasteiger partial charge in [-0.1, -0.05) is 45.5 Å². The molecule has 4 rings (SSSR count). The van der Waals surface area contributed by atoms with Gasteiger partial charge in [0.05, 0.1) is 22.9 Å². The number of allylic oxidation sites excluding steroid dienone is 1. The highest BCUT2D eigenvalue weighted by Gasteiger charge is 2.33. The molecule has 0 bridgehead atoms. The van der Waals surface area contributed by atoms with E-state index in [2.05, 4.69) is 20.9 Å². The van der Waals surface area contributed by atoms with Gasteiger partial charge in [0.25, 0.3) is 5.56 Å². The number of ether oxygens (including phenoxy) is 1. The van der Waals surface area contributed by atoms with Crippen molar-refractivity contribution in [1.29, 1.82) is 0 Å². The highest BCUT2D eigenvalue weighted by Crippen LogP contribution is 2.32. The average molecular weight is 475 g/mol. The second kappa shape index (κ2) is 7.62. The lowest BCUT2D eigenvalue weighted by Gasteiger charge is -2.22. The van der Waals surface area contributed by atoms with Crippen LogP contribution in [-0.2, 0) is 9.53 Å². The standard InChI is InChI=1S/C20H15BrN2O3S2/c1-11-16(19(25)26-2)17(14-4-3-9-27-14)23-18(24)15(28-20(23)22-11)10-12-5-7-13(21)8-6-12/h3-10,17H,1-2H3/b15-10-/t17-/m0/s1. The van der Waals surface area contributed by atoms with Crippen molar-refractivity contribution in [2.24, 2.45) is 4.99 Å². The molecule has 0 amide bonds. The molecule has 2 aromatic heterocycles. The molecule has 0 fully saturated rings. The molecular weight excluding hydrogens is 460 g/mol. The van der Waals surface area contributed by atoms with Crippen LogP contribution in [0.2, 0.25) is 0 Å². The maximum absolute atomic E-state index is 13.3. The minimum absolute atomic E-state index is 0.168. The Balaban J connectivity index is 1.96. The number of hydrogen-bond acceptors (Lipinski definition) is 6. The summed E-state index contributed by atoms with van der Waals surface area (Å²) in [6.07, 6.45) is 1.85. The van der Waals surface area contributed by atoms with Crippen LogP contribution < -0.4 is 14.9 Å². The number of thiophene rings is 1. The molecule has 0 saturated heterocycles. The van der Waals surface area contributed by atoms with Crippen molar-refractivity contribution < 1.29 is 9.53 Å². The van der Waals surface area contributed by atoms with Crippen LogP contribution in [0.1, 0.15) is 23.4 Å². The Morgan fingerprint density at radius 3 is 2.68 bits per heavy atom. The van der Waals surface area contributed by atoms with Crippen LogP contribution in [0.25, 0.3) is 6.08 Å². The van der Waals surface area contributed by atoms with Crippen molar-refractivity contribution in [2.75, 3.05) is 7.11 Å². The molecule has 3 aromatic rings. The summed E-state index contributed by atoms with van der Waals surface area (Å²) < 4.78 is 8.12. The molecule has 142 valence electrons. The first-order valence-electron chi connectivity index (χ1n) is 8.39. The maximum atomic E-state index is 13.3. The third-order valence-corrected chi connectivity index (χ3v) is 6.84. The normalized spacial score (nSPS) is 16.7. The van der Waals surface area contributed by atoms with Gasteiger partial charge in [0.2, 0.25) is 0 Å². The smallest absolute Gasteiger partial charge is 0.338 e. The SMILES string of the molecule is COC(=O)C1=C(C)N=c2s/c(=C\c3ccc(Br)cc3)c(=O)n2[C@H]1c1cccs1. The molecule has 28 heavy (non-hydrogen) atoms. The number of carbonyl (C=O) groups is 1. The molecule has 5 nitrogen and oxygen atoms in total. The van der Waals surface area contributed by atoms with E-state index < -0.39 is 12.0 Å². The molecule has 1 atom stereocenters. The molecule has 8 heteroatoms.